The van der Waals surface area contributed by atoms with E-state index in [9.17, 15) is 0 Å². The van der Waals surface area contributed by atoms with Crippen LogP contribution in [0.2, 0.25) is 0 Å². The molecular weight excluding hydrogens is 689 g/mol. The van der Waals surface area contributed by atoms with Crippen LogP contribution >= 0.6 is 0 Å². The van der Waals surface area contributed by atoms with Crippen LogP contribution in [-0.2, 0) is 0 Å². The highest BCUT2D eigenvalue weighted by molar-refractivity contribution is 6.26. The summed E-state index contributed by atoms with van der Waals surface area (Å²) in [5.74, 6) is 3.05. The first-order valence-corrected chi connectivity index (χ1v) is 18.6. The van der Waals surface area contributed by atoms with E-state index in [4.69, 9.17) is 20.0 Å². The molecule has 9 rings (SSSR count). The van der Waals surface area contributed by atoms with Gasteiger partial charge in [-0.1, -0.05) is 109 Å². The van der Waals surface area contributed by atoms with E-state index in [1.165, 1.54) is 0 Å². The molecule has 0 fully saturated rings. The molecule has 0 amide bonds. The van der Waals surface area contributed by atoms with Crippen molar-refractivity contribution in [2.45, 2.75) is 0 Å². The molecule has 0 spiro atoms. The third kappa shape index (κ3) is 6.60. The molecule has 6 aromatic carbocycles. The summed E-state index contributed by atoms with van der Waals surface area (Å²) < 4.78 is 0. The van der Waals surface area contributed by atoms with Crippen LogP contribution in [0.1, 0.15) is 27.8 Å². The highest BCUT2D eigenvalue weighted by Gasteiger charge is 2.32. The number of hydrogen-bond acceptors (Lipinski definition) is 8. The number of nitrogens with one attached hydrogen (secondary N) is 2. The molecule has 0 radical (unpaired) electrons. The molecule has 3 aliphatic heterocycles. The zero-order valence-corrected chi connectivity index (χ0v) is 31.0. The predicted octanol–water partition coefficient (Wildman–Crippen LogP) is 10.5. The van der Waals surface area contributed by atoms with Crippen molar-refractivity contribution in [1.29, 1.82) is 0 Å². The van der Waals surface area contributed by atoms with Crippen LogP contribution in [-0.4, -0.2) is 42.5 Å². The standard InChI is InChI=1S/C48H38N8/c1-49-42-31-35(41(34-18-9-4-10-19-34)30-33-16-7-3-8-17-33)26-28-39(42)46-51-44-24-15-25-45-52-47(54-48(53-46)56(44)45)40-29-27-38(32-43(40)50-2)55(36-20-11-5-12-21-36)37-22-13-6-14-23-37/h3-32,49-50H,1-2H3/b41-30+. The Bertz CT molecular complexity index is 2600. The first kappa shape index (κ1) is 34.2. The first-order chi connectivity index (χ1) is 27.7. The maximum absolute atomic E-state index is 5.09. The summed E-state index contributed by atoms with van der Waals surface area (Å²) in [5, 5.41) is 6.84. The Morgan fingerprint density at radius 1 is 0.554 bits per heavy atom. The van der Waals surface area contributed by atoms with Gasteiger partial charge in [0, 0.05) is 53.7 Å². The van der Waals surface area contributed by atoms with E-state index in [0.29, 0.717) is 29.3 Å². The zero-order chi connectivity index (χ0) is 37.8. The summed E-state index contributed by atoms with van der Waals surface area (Å²) in [6.45, 7) is 0. The highest BCUT2D eigenvalue weighted by Crippen LogP contribution is 2.38. The largest absolute Gasteiger partial charge is 0.388 e. The van der Waals surface area contributed by atoms with Crippen molar-refractivity contribution in [1.82, 2.24) is 4.90 Å². The first-order valence-electron chi connectivity index (χ1n) is 18.6. The molecule has 0 saturated carbocycles. The Balaban J connectivity index is 1.10. The van der Waals surface area contributed by atoms with Crippen LogP contribution in [0.25, 0.3) is 11.6 Å². The Morgan fingerprint density at radius 3 is 1.80 bits per heavy atom. The molecular formula is C48H38N8. The fourth-order valence-corrected chi connectivity index (χ4v) is 7.14. The summed E-state index contributed by atoms with van der Waals surface area (Å²) >= 11 is 0. The van der Waals surface area contributed by atoms with Crippen molar-refractivity contribution in [3.8, 4) is 0 Å². The van der Waals surface area contributed by atoms with Gasteiger partial charge in [-0.2, -0.15) is 9.98 Å². The predicted molar refractivity (Wildman–Crippen MR) is 234 cm³/mol. The molecule has 0 unspecified atom stereocenters. The van der Waals surface area contributed by atoms with E-state index in [1.54, 1.807) is 0 Å². The van der Waals surface area contributed by atoms with Crippen LogP contribution in [0.3, 0.4) is 0 Å². The Hall–Kier alpha value is -7.58. The average Bonchev–Trinajstić information content (AvgIpc) is 3.26. The van der Waals surface area contributed by atoms with E-state index in [2.05, 4.69) is 155 Å². The summed E-state index contributed by atoms with van der Waals surface area (Å²) in [7, 11) is 3.85. The van der Waals surface area contributed by atoms with Crippen LogP contribution in [0.4, 0.5) is 28.4 Å². The number of benzene rings is 6. The maximum Gasteiger partial charge on any atom is 0.241 e. The minimum Gasteiger partial charge on any atom is -0.388 e. The van der Waals surface area contributed by atoms with E-state index in [-0.39, 0.29) is 0 Å². The summed E-state index contributed by atoms with van der Waals surface area (Å²) in [5.41, 5.74) is 11.1. The lowest BCUT2D eigenvalue weighted by atomic mass is 9.94. The van der Waals surface area contributed by atoms with Crippen LogP contribution in [0, 0.1) is 0 Å². The molecule has 0 bridgehead atoms. The van der Waals surface area contributed by atoms with E-state index in [0.717, 1.165) is 61.8 Å². The fourth-order valence-electron chi connectivity index (χ4n) is 7.14. The van der Waals surface area contributed by atoms with Gasteiger partial charge in [-0.15, -0.1) is 0 Å². The van der Waals surface area contributed by atoms with E-state index < -0.39 is 0 Å². The lowest BCUT2D eigenvalue weighted by Crippen LogP contribution is -2.41. The Morgan fingerprint density at radius 2 is 1.14 bits per heavy atom. The van der Waals surface area contributed by atoms with Gasteiger partial charge in [-0.3, -0.25) is 0 Å². The normalized spacial score (nSPS) is 14.4. The average molecular weight is 727 g/mol. The molecule has 2 N–H and O–H groups in total. The van der Waals surface area contributed by atoms with Crippen LogP contribution < -0.4 is 15.5 Å². The van der Waals surface area contributed by atoms with Crippen molar-refractivity contribution in [3.63, 3.8) is 0 Å². The van der Waals surface area contributed by atoms with Gasteiger partial charge < -0.3 is 15.5 Å². The molecule has 8 nitrogen and oxygen atoms in total. The van der Waals surface area contributed by atoms with Gasteiger partial charge >= 0.3 is 0 Å². The summed E-state index contributed by atoms with van der Waals surface area (Å²) in [6.07, 6.45) is 8.13. The number of amidine groups is 3. The number of rotatable bonds is 10. The van der Waals surface area contributed by atoms with Gasteiger partial charge in [-0.05, 0) is 95.1 Å². The molecule has 56 heavy (non-hydrogen) atoms. The second kappa shape index (κ2) is 15.0. The van der Waals surface area contributed by atoms with Gasteiger partial charge in [-0.25, -0.2) is 14.9 Å². The van der Waals surface area contributed by atoms with E-state index >= 15 is 0 Å². The zero-order valence-electron chi connectivity index (χ0n) is 31.0. The van der Waals surface area contributed by atoms with Gasteiger partial charge in [0.2, 0.25) is 5.96 Å². The van der Waals surface area contributed by atoms with Crippen molar-refractivity contribution >= 4 is 63.6 Å². The maximum atomic E-state index is 5.09. The number of anilines is 5. The van der Waals surface area contributed by atoms with Gasteiger partial charge in [0.25, 0.3) is 0 Å². The SMILES string of the molecule is CNc1cc(N(c2ccccc2)c2ccccc2)ccc1C1=NC2=CC=CC3=NC(c4ccc(/C(=C/c5ccccc5)c5ccccc5)cc4NC)=NC(=N1)N23. The second-order valence-corrected chi connectivity index (χ2v) is 13.3. The Kier molecular flexibility index (Phi) is 9.19. The number of aliphatic imine (C=N–C) groups is 4. The minimum absolute atomic E-state index is 0.506. The number of para-hydroxylation sites is 2. The molecule has 6 aromatic rings. The highest BCUT2D eigenvalue weighted by atomic mass is 15.4. The van der Waals surface area contributed by atoms with Crippen molar-refractivity contribution in [3.05, 3.63) is 210 Å². The molecule has 270 valence electrons. The lowest BCUT2D eigenvalue weighted by Gasteiger charge is -2.32. The van der Waals surface area contributed by atoms with E-state index in [1.807, 2.05) is 61.5 Å². The molecule has 8 heteroatoms. The molecule has 3 heterocycles. The van der Waals surface area contributed by atoms with Crippen molar-refractivity contribution < 1.29 is 0 Å². The monoisotopic (exact) mass is 726 g/mol. The van der Waals surface area contributed by atoms with Gasteiger partial charge in [0.1, 0.15) is 11.7 Å². The molecule has 0 atom stereocenters. The van der Waals surface area contributed by atoms with Crippen LogP contribution in [0.15, 0.2) is 202 Å². The minimum atomic E-state index is 0.506. The molecule has 0 aliphatic carbocycles. The number of allylic oxidation sites excluding steroid dienone is 2. The van der Waals surface area contributed by atoms with Crippen molar-refractivity contribution in [2.24, 2.45) is 20.0 Å². The molecule has 3 aliphatic rings. The quantitative estimate of drug-likeness (QED) is 0.138. The topological polar surface area (TPSA) is 80.0 Å². The number of nitrogens with zero attached hydrogens (tertiary/aromatic N) is 6. The Labute approximate surface area is 326 Å². The summed E-state index contributed by atoms with van der Waals surface area (Å²) in [4.78, 5) is 24.4. The van der Waals surface area contributed by atoms with Crippen molar-refractivity contribution in [2.75, 3.05) is 29.6 Å². The van der Waals surface area contributed by atoms with Crippen LogP contribution in [0.5, 0.6) is 0 Å². The molecule has 0 saturated heterocycles. The number of guanidine groups is 1. The second-order valence-electron chi connectivity index (χ2n) is 13.3. The summed E-state index contributed by atoms with van der Waals surface area (Å²) in [6, 6.07) is 54.3. The molecule has 0 aromatic heterocycles. The third-order valence-electron chi connectivity index (χ3n) is 9.84. The fraction of sp³-hybridized carbons (Fsp3) is 0.0417. The number of hydrogen-bond donors (Lipinski definition) is 2. The van der Waals surface area contributed by atoms with Gasteiger partial charge in [0.05, 0.1) is 0 Å². The smallest absolute Gasteiger partial charge is 0.241 e. The third-order valence-corrected chi connectivity index (χ3v) is 9.84. The lowest BCUT2D eigenvalue weighted by molar-refractivity contribution is 0.711. The van der Waals surface area contributed by atoms with Gasteiger partial charge in [0.15, 0.2) is 11.7 Å².